The number of anilines is 1. The van der Waals surface area contributed by atoms with Crippen LogP contribution in [0.25, 0.3) is 0 Å². The Morgan fingerprint density at radius 1 is 1.22 bits per heavy atom. The van der Waals surface area contributed by atoms with Crippen molar-refractivity contribution in [2.24, 2.45) is 0 Å². The second-order valence-electron chi connectivity index (χ2n) is 5.78. The van der Waals surface area contributed by atoms with Crippen molar-refractivity contribution in [2.75, 3.05) is 18.0 Å². The van der Waals surface area contributed by atoms with Crippen molar-refractivity contribution in [3.8, 4) is 0 Å². The van der Waals surface area contributed by atoms with E-state index in [0.717, 1.165) is 18.9 Å². The number of nitrogens with zero attached hydrogens (tertiary/aromatic N) is 3. The van der Waals surface area contributed by atoms with Gasteiger partial charge in [0.15, 0.2) is 5.82 Å². The largest absolute Gasteiger partial charge is 0.355 e. The van der Waals surface area contributed by atoms with Crippen molar-refractivity contribution >= 4 is 5.82 Å². The fraction of sp³-hybridized carbons (Fsp3) is 0.786. The maximum absolute atomic E-state index is 4.68. The van der Waals surface area contributed by atoms with E-state index >= 15 is 0 Å². The van der Waals surface area contributed by atoms with E-state index in [1.807, 2.05) is 4.68 Å². The van der Waals surface area contributed by atoms with E-state index in [2.05, 4.69) is 55.3 Å². The molecule has 2 rings (SSSR count). The summed E-state index contributed by atoms with van der Waals surface area (Å²) in [6.07, 6.45) is 4.45. The highest BCUT2D eigenvalue weighted by Gasteiger charge is 2.17. The molecule has 0 bridgehead atoms. The van der Waals surface area contributed by atoms with E-state index in [-0.39, 0.29) is 0 Å². The zero-order valence-corrected chi connectivity index (χ0v) is 12.1. The van der Waals surface area contributed by atoms with Crippen molar-refractivity contribution < 1.29 is 0 Å². The zero-order valence-electron chi connectivity index (χ0n) is 12.1. The molecule has 4 heteroatoms. The number of hydrogen-bond donors (Lipinski definition) is 1. The number of nitrogens with one attached hydrogen (secondary N) is 1. The van der Waals surface area contributed by atoms with Crippen molar-refractivity contribution in [2.45, 2.75) is 58.7 Å². The van der Waals surface area contributed by atoms with E-state index in [1.54, 1.807) is 0 Å². The summed E-state index contributed by atoms with van der Waals surface area (Å²) in [5.41, 5.74) is 0. The molecule has 102 valence electrons. The van der Waals surface area contributed by atoms with Gasteiger partial charge in [0.1, 0.15) is 0 Å². The number of aromatic nitrogens is 2. The molecule has 0 radical (unpaired) electrons. The first-order valence-corrected chi connectivity index (χ1v) is 7.12. The van der Waals surface area contributed by atoms with Crippen LogP contribution in [0.15, 0.2) is 12.3 Å². The molecule has 1 aromatic heterocycles. The molecule has 18 heavy (non-hydrogen) atoms. The summed E-state index contributed by atoms with van der Waals surface area (Å²) in [7, 11) is 0. The molecule has 1 aliphatic rings. The van der Waals surface area contributed by atoms with Crippen LogP contribution in [0.2, 0.25) is 0 Å². The Bertz CT molecular complexity index is 360. The van der Waals surface area contributed by atoms with Gasteiger partial charge in [-0.3, -0.25) is 4.68 Å². The smallest absolute Gasteiger partial charge is 0.150 e. The van der Waals surface area contributed by atoms with Crippen LogP contribution in [0, 0.1) is 0 Å². The van der Waals surface area contributed by atoms with Gasteiger partial charge in [-0.2, -0.15) is 5.10 Å². The standard InChI is InChI=1S/C14H26N4/c1-11(2)18-10-7-14(16-18)17-8-5-12(3)15-13(4)6-9-17/h7,10-13,15H,5-6,8-9H2,1-4H3. The van der Waals surface area contributed by atoms with E-state index < -0.39 is 0 Å². The van der Waals surface area contributed by atoms with Crippen molar-refractivity contribution in [1.29, 1.82) is 0 Å². The maximum Gasteiger partial charge on any atom is 0.150 e. The zero-order chi connectivity index (χ0) is 13.1. The van der Waals surface area contributed by atoms with Gasteiger partial charge < -0.3 is 10.2 Å². The van der Waals surface area contributed by atoms with Gasteiger partial charge >= 0.3 is 0 Å². The fourth-order valence-electron chi connectivity index (χ4n) is 2.48. The van der Waals surface area contributed by atoms with Crippen LogP contribution in [-0.4, -0.2) is 35.0 Å². The van der Waals surface area contributed by atoms with Gasteiger partial charge in [-0.25, -0.2) is 0 Å². The van der Waals surface area contributed by atoms with Gasteiger partial charge in [0, 0.05) is 43.5 Å². The summed E-state index contributed by atoms with van der Waals surface area (Å²) in [5.74, 6) is 1.13. The summed E-state index contributed by atoms with van der Waals surface area (Å²) in [6.45, 7) is 11.1. The van der Waals surface area contributed by atoms with Crippen molar-refractivity contribution in [3.63, 3.8) is 0 Å². The second-order valence-corrected chi connectivity index (χ2v) is 5.78. The van der Waals surface area contributed by atoms with Gasteiger partial charge in [0.2, 0.25) is 0 Å². The van der Waals surface area contributed by atoms with Crippen LogP contribution < -0.4 is 10.2 Å². The van der Waals surface area contributed by atoms with Gasteiger partial charge in [0.05, 0.1) is 0 Å². The van der Waals surface area contributed by atoms with Crippen LogP contribution in [0.1, 0.15) is 46.6 Å². The van der Waals surface area contributed by atoms with E-state index in [9.17, 15) is 0 Å². The number of hydrogen-bond acceptors (Lipinski definition) is 3. The molecule has 2 unspecified atom stereocenters. The van der Waals surface area contributed by atoms with Gasteiger partial charge in [-0.05, 0) is 40.5 Å². The lowest BCUT2D eigenvalue weighted by molar-refractivity contribution is 0.402. The first-order chi connectivity index (χ1) is 8.56. The molecule has 1 aromatic rings. The monoisotopic (exact) mass is 250 g/mol. The predicted octanol–water partition coefficient (Wildman–Crippen LogP) is 2.43. The molecule has 0 amide bonds. The molecule has 1 fully saturated rings. The van der Waals surface area contributed by atoms with Crippen molar-refractivity contribution in [3.05, 3.63) is 12.3 Å². The quantitative estimate of drug-likeness (QED) is 0.875. The molecule has 1 N–H and O–H groups in total. The van der Waals surface area contributed by atoms with Crippen LogP contribution in [0.4, 0.5) is 5.82 Å². The minimum Gasteiger partial charge on any atom is -0.355 e. The Morgan fingerprint density at radius 3 is 2.33 bits per heavy atom. The highest BCUT2D eigenvalue weighted by Crippen LogP contribution is 2.17. The summed E-state index contributed by atoms with van der Waals surface area (Å²) in [5, 5.41) is 8.30. The average molecular weight is 250 g/mol. The highest BCUT2D eigenvalue weighted by molar-refractivity contribution is 5.37. The van der Waals surface area contributed by atoms with Gasteiger partial charge in [-0.1, -0.05) is 0 Å². The SMILES string of the molecule is CC1CCN(c2ccn(C(C)C)n2)CCC(C)N1. The first-order valence-electron chi connectivity index (χ1n) is 7.12. The fourth-order valence-corrected chi connectivity index (χ4v) is 2.48. The Hall–Kier alpha value is -1.03. The minimum absolute atomic E-state index is 0.438. The molecular weight excluding hydrogens is 224 g/mol. The normalized spacial score (nSPS) is 26.2. The third kappa shape index (κ3) is 3.25. The van der Waals surface area contributed by atoms with Crippen molar-refractivity contribution in [1.82, 2.24) is 15.1 Å². The number of rotatable bonds is 2. The average Bonchev–Trinajstić information content (AvgIpc) is 2.76. The summed E-state index contributed by atoms with van der Waals surface area (Å²) in [4.78, 5) is 2.42. The highest BCUT2D eigenvalue weighted by atomic mass is 15.4. The third-order valence-electron chi connectivity index (χ3n) is 3.68. The lowest BCUT2D eigenvalue weighted by Gasteiger charge is -2.31. The van der Waals surface area contributed by atoms with Crippen LogP contribution in [0.5, 0.6) is 0 Å². The molecule has 0 aromatic carbocycles. The topological polar surface area (TPSA) is 33.1 Å². The molecule has 2 atom stereocenters. The molecule has 1 saturated heterocycles. The summed E-state index contributed by atoms with van der Waals surface area (Å²) in [6, 6.07) is 3.77. The van der Waals surface area contributed by atoms with Gasteiger partial charge in [0.25, 0.3) is 0 Å². The van der Waals surface area contributed by atoms with E-state index in [4.69, 9.17) is 0 Å². The van der Waals surface area contributed by atoms with E-state index in [0.29, 0.717) is 18.1 Å². The van der Waals surface area contributed by atoms with Gasteiger partial charge in [-0.15, -0.1) is 0 Å². The summed E-state index contributed by atoms with van der Waals surface area (Å²) < 4.78 is 2.04. The lowest BCUT2D eigenvalue weighted by Crippen LogP contribution is -2.43. The molecule has 2 heterocycles. The summed E-state index contributed by atoms with van der Waals surface area (Å²) >= 11 is 0. The third-order valence-corrected chi connectivity index (χ3v) is 3.68. The Balaban J connectivity index is 2.05. The molecule has 4 nitrogen and oxygen atoms in total. The minimum atomic E-state index is 0.438. The van der Waals surface area contributed by atoms with Crippen LogP contribution in [0.3, 0.4) is 0 Å². The molecule has 0 saturated carbocycles. The lowest BCUT2D eigenvalue weighted by atomic mass is 10.1. The Morgan fingerprint density at radius 2 is 1.83 bits per heavy atom. The molecule has 0 aliphatic carbocycles. The Kier molecular flexibility index (Phi) is 4.27. The Labute approximate surface area is 110 Å². The second kappa shape index (κ2) is 5.74. The van der Waals surface area contributed by atoms with Crippen LogP contribution >= 0.6 is 0 Å². The molecule has 0 spiro atoms. The molecular formula is C14H26N4. The maximum atomic E-state index is 4.68. The first kappa shape index (κ1) is 13.4. The van der Waals surface area contributed by atoms with Crippen LogP contribution in [-0.2, 0) is 0 Å². The molecule has 1 aliphatic heterocycles. The predicted molar refractivity (Wildman–Crippen MR) is 76.1 cm³/mol. The van der Waals surface area contributed by atoms with E-state index in [1.165, 1.54) is 12.8 Å².